The molecule has 2 N–H and O–H groups in total. The first-order valence-electron chi connectivity index (χ1n) is 24.3. The molecule has 0 aromatic heterocycles. The van der Waals surface area contributed by atoms with Crippen LogP contribution in [-0.2, 0) is 14.3 Å². The molecule has 0 bridgehead atoms. The molecule has 1 fully saturated rings. The molecule has 1 heterocycles. The van der Waals surface area contributed by atoms with E-state index in [9.17, 15) is 15.0 Å². The molecule has 1 aliphatic heterocycles. The van der Waals surface area contributed by atoms with E-state index >= 15 is 0 Å². The Labute approximate surface area is 379 Å². The molecule has 2 aromatic carbocycles. The number of oxime groups is 1. The van der Waals surface area contributed by atoms with Gasteiger partial charge in [0.05, 0.1) is 24.8 Å². The SMILES string of the molecule is C=CCO[C@@]12Oc3ccc(Oc4ccc(C)c(C)c4)cc3[C@H]3[C@H](CCCCO)[C@@H](CCCCO)C=C(C(=NOC(C)(C)C)C[C@@H]1N(C)C(=O)OCCCCCCCCCCCC)[C@H]32. The fraction of sp³-hybridized carbons (Fsp3) is 0.660. The maximum atomic E-state index is 14.2. The largest absolute Gasteiger partial charge is 0.459 e. The summed E-state index contributed by atoms with van der Waals surface area (Å²) in [5.41, 5.74) is 4.55. The molecule has 5 rings (SSSR count). The first-order chi connectivity index (χ1) is 30.4. The number of benzene rings is 2. The van der Waals surface area contributed by atoms with Crippen molar-refractivity contribution < 1.29 is 38.8 Å². The highest BCUT2D eigenvalue weighted by atomic mass is 16.7. The number of allylic oxidation sites excluding steroid dienone is 1. The Morgan fingerprint density at radius 3 is 2.19 bits per heavy atom. The first kappa shape index (κ1) is 50.1. The second-order valence-corrected chi connectivity index (χ2v) is 19.2. The van der Waals surface area contributed by atoms with Crippen LogP contribution in [0, 0.1) is 31.6 Å². The van der Waals surface area contributed by atoms with E-state index < -0.39 is 29.4 Å². The molecular formula is C53H80N2O8. The highest BCUT2D eigenvalue weighted by Crippen LogP contribution is 2.62. The molecule has 1 saturated carbocycles. The Kier molecular flexibility index (Phi) is 19.4. The van der Waals surface area contributed by atoms with Crippen molar-refractivity contribution in [3.05, 3.63) is 77.4 Å². The van der Waals surface area contributed by atoms with Gasteiger partial charge in [0.25, 0.3) is 0 Å². The van der Waals surface area contributed by atoms with Gasteiger partial charge < -0.3 is 38.9 Å². The molecule has 350 valence electrons. The Morgan fingerprint density at radius 1 is 0.889 bits per heavy atom. The number of hydrogen-bond donors (Lipinski definition) is 2. The van der Waals surface area contributed by atoms with Crippen molar-refractivity contribution in [1.82, 2.24) is 4.90 Å². The quantitative estimate of drug-likeness (QED) is 0.0545. The second kappa shape index (κ2) is 24.4. The molecule has 10 heteroatoms. The lowest BCUT2D eigenvalue weighted by atomic mass is 9.55. The Bertz CT molecular complexity index is 1820. The minimum Gasteiger partial charge on any atom is -0.459 e. The van der Waals surface area contributed by atoms with Crippen LogP contribution < -0.4 is 9.47 Å². The number of hydrogen-bond acceptors (Lipinski definition) is 9. The fourth-order valence-electron chi connectivity index (χ4n) is 9.87. The summed E-state index contributed by atoms with van der Waals surface area (Å²) in [5.74, 6) is 0.461. The van der Waals surface area contributed by atoms with Crippen LogP contribution in [0.4, 0.5) is 4.79 Å². The molecule has 2 aliphatic carbocycles. The number of aliphatic hydroxyl groups excluding tert-OH is 2. The molecule has 0 spiro atoms. The summed E-state index contributed by atoms with van der Waals surface area (Å²) in [7, 11) is 1.79. The van der Waals surface area contributed by atoms with Crippen molar-refractivity contribution in [3.63, 3.8) is 0 Å². The van der Waals surface area contributed by atoms with Gasteiger partial charge in [0, 0.05) is 38.2 Å². The lowest BCUT2D eigenvalue weighted by Crippen LogP contribution is -2.69. The summed E-state index contributed by atoms with van der Waals surface area (Å²) >= 11 is 0. The van der Waals surface area contributed by atoms with Crippen LogP contribution in [0.2, 0.25) is 0 Å². The number of nitrogens with zero attached hydrogens (tertiary/aromatic N) is 2. The maximum absolute atomic E-state index is 14.2. The van der Waals surface area contributed by atoms with E-state index in [1.165, 1.54) is 50.5 Å². The standard InChI is InChI=1S/C53H80N2O8/c1-9-11-12-13-14-15-16-17-18-23-33-59-51(58)55(8)48-37-46(54-63-52(5,6)7)44-35-40(24-19-21-30-56)43(25-20-22-31-57)49-45-36-42(61-41-27-26-38(3)39(4)34-41)28-29-47(45)62-53(48,50(44)49)60-32-10-2/h10,26-29,34-36,40,43,48-50,56-57H,2,9,11-25,30-33,37H2,1,3-8H3/t40-,43+,48-,49+,50+,53+/m0/s1. The number of fused-ring (bicyclic) bond motifs is 2. The summed E-state index contributed by atoms with van der Waals surface area (Å²) in [6, 6.07) is 11.5. The van der Waals surface area contributed by atoms with Gasteiger partial charge in [-0.1, -0.05) is 101 Å². The van der Waals surface area contributed by atoms with Crippen molar-refractivity contribution in [1.29, 1.82) is 0 Å². The highest BCUT2D eigenvalue weighted by Gasteiger charge is 2.65. The molecule has 2 aromatic rings. The normalized spacial score (nSPS) is 23.3. The number of amides is 1. The van der Waals surface area contributed by atoms with E-state index in [1.807, 2.05) is 39.0 Å². The molecule has 3 aliphatic rings. The van der Waals surface area contributed by atoms with Crippen molar-refractivity contribution in [2.75, 3.05) is 33.5 Å². The number of ether oxygens (including phenoxy) is 4. The van der Waals surface area contributed by atoms with Crippen LogP contribution in [-0.4, -0.2) is 77.8 Å². The van der Waals surface area contributed by atoms with Gasteiger partial charge in [0.1, 0.15) is 28.9 Å². The maximum Gasteiger partial charge on any atom is 0.409 e. The minimum absolute atomic E-state index is 0.104. The molecule has 0 radical (unpaired) electrons. The van der Waals surface area contributed by atoms with E-state index in [-0.39, 0.29) is 37.6 Å². The molecule has 6 atom stereocenters. The summed E-state index contributed by atoms with van der Waals surface area (Å²) in [4.78, 5) is 22.1. The number of aliphatic hydroxyl groups is 2. The fourth-order valence-corrected chi connectivity index (χ4v) is 9.87. The minimum atomic E-state index is -1.34. The van der Waals surface area contributed by atoms with Gasteiger partial charge in [-0.15, -0.1) is 6.58 Å². The molecule has 0 unspecified atom stereocenters. The zero-order chi connectivity index (χ0) is 45.4. The van der Waals surface area contributed by atoms with Crippen LogP contribution in [0.5, 0.6) is 17.2 Å². The topological polar surface area (TPSA) is 119 Å². The number of rotatable bonds is 26. The average molecular weight is 873 g/mol. The lowest BCUT2D eigenvalue weighted by Gasteiger charge is -2.59. The van der Waals surface area contributed by atoms with Crippen molar-refractivity contribution >= 4 is 11.8 Å². The summed E-state index contributed by atoms with van der Waals surface area (Å²) < 4.78 is 26.9. The number of carbonyl (C=O) groups excluding carboxylic acids is 1. The van der Waals surface area contributed by atoms with Gasteiger partial charge >= 0.3 is 6.09 Å². The second-order valence-electron chi connectivity index (χ2n) is 19.2. The zero-order valence-electron chi connectivity index (χ0n) is 39.8. The molecule has 1 amide bonds. The molecular weight excluding hydrogens is 793 g/mol. The summed E-state index contributed by atoms with van der Waals surface area (Å²) in [5, 5.41) is 24.8. The third kappa shape index (κ3) is 13.4. The van der Waals surface area contributed by atoms with E-state index in [0.717, 1.165) is 73.1 Å². The smallest absolute Gasteiger partial charge is 0.409 e. The van der Waals surface area contributed by atoms with Gasteiger partial charge in [-0.3, -0.25) is 0 Å². The number of carbonyl (C=O) groups is 1. The van der Waals surface area contributed by atoms with Crippen LogP contribution >= 0.6 is 0 Å². The molecule has 10 nitrogen and oxygen atoms in total. The summed E-state index contributed by atoms with van der Waals surface area (Å²) in [6.45, 7) is 17.2. The van der Waals surface area contributed by atoms with Crippen molar-refractivity contribution in [2.24, 2.45) is 22.9 Å². The van der Waals surface area contributed by atoms with E-state index in [2.05, 4.69) is 51.6 Å². The monoisotopic (exact) mass is 873 g/mol. The van der Waals surface area contributed by atoms with Gasteiger partial charge in [-0.25, -0.2) is 4.79 Å². The van der Waals surface area contributed by atoms with Gasteiger partial charge in [0.15, 0.2) is 0 Å². The third-order valence-electron chi connectivity index (χ3n) is 13.3. The third-order valence-corrected chi connectivity index (χ3v) is 13.3. The number of likely N-dealkylation sites (N-methyl/N-ethyl adjacent to an activating group) is 1. The lowest BCUT2D eigenvalue weighted by molar-refractivity contribution is -0.253. The average Bonchev–Trinajstić information content (AvgIpc) is 3.26. The van der Waals surface area contributed by atoms with Crippen LogP contribution in [0.1, 0.15) is 159 Å². The summed E-state index contributed by atoms with van der Waals surface area (Å²) in [6.07, 6.45) is 20.8. The Hall–Kier alpha value is -3.86. The highest BCUT2D eigenvalue weighted by molar-refractivity contribution is 6.03. The van der Waals surface area contributed by atoms with E-state index in [0.29, 0.717) is 37.4 Å². The predicted molar refractivity (Wildman–Crippen MR) is 253 cm³/mol. The van der Waals surface area contributed by atoms with Crippen molar-refractivity contribution in [2.45, 2.75) is 174 Å². The van der Waals surface area contributed by atoms with Crippen molar-refractivity contribution in [3.8, 4) is 17.2 Å². The van der Waals surface area contributed by atoms with Crippen LogP contribution in [0.3, 0.4) is 0 Å². The number of unbranched alkanes of at least 4 members (excludes halogenated alkanes) is 11. The predicted octanol–water partition coefficient (Wildman–Crippen LogP) is 12.5. The van der Waals surface area contributed by atoms with Gasteiger partial charge in [-0.05, 0) is 126 Å². The zero-order valence-corrected chi connectivity index (χ0v) is 39.8. The van der Waals surface area contributed by atoms with Crippen LogP contribution in [0.15, 0.2) is 65.9 Å². The Balaban J connectivity index is 1.56. The van der Waals surface area contributed by atoms with E-state index in [1.54, 1.807) is 18.0 Å². The van der Waals surface area contributed by atoms with E-state index in [4.69, 9.17) is 28.9 Å². The molecule has 63 heavy (non-hydrogen) atoms. The Morgan fingerprint density at radius 2 is 1.54 bits per heavy atom. The van der Waals surface area contributed by atoms with Crippen LogP contribution in [0.25, 0.3) is 0 Å². The molecule has 0 saturated heterocycles. The van der Waals surface area contributed by atoms with Gasteiger partial charge in [-0.2, -0.15) is 0 Å². The van der Waals surface area contributed by atoms with Gasteiger partial charge in [0.2, 0.25) is 5.79 Å². The number of aryl methyl sites for hydroxylation is 2. The first-order valence-corrected chi connectivity index (χ1v) is 24.3.